The molecule has 2 aromatic carbocycles. The Balaban J connectivity index is 1.92. The van der Waals surface area contributed by atoms with Gasteiger partial charge in [0.2, 0.25) is 0 Å². The van der Waals surface area contributed by atoms with Crippen LogP contribution in [0.2, 0.25) is 0 Å². The highest BCUT2D eigenvalue weighted by molar-refractivity contribution is 7.92. The van der Waals surface area contributed by atoms with E-state index in [1.54, 1.807) is 10.8 Å². The number of nitrogens with one attached hydrogen (secondary N) is 2. The molecule has 11 heteroatoms. The molecule has 136 valence electrons. The number of aromatic nitrogens is 2. The van der Waals surface area contributed by atoms with E-state index in [1.807, 2.05) is 6.07 Å². The molecule has 0 bridgehead atoms. The van der Waals surface area contributed by atoms with Crippen molar-refractivity contribution in [1.82, 2.24) is 14.7 Å². The summed E-state index contributed by atoms with van der Waals surface area (Å²) in [5.74, 6) is -2.12. The monoisotopic (exact) mass is 387 g/mol. The quantitative estimate of drug-likeness (QED) is 0.602. The van der Waals surface area contributed by atoms with E-state index >= 15 is 4.39 Å². The first-order valence-electron chi connectivity index (χ1n) is 7.54. The van der Waals surface area contributed by atoms with Crippen molar-refractivity contribution in [2.45, 2.75) is 0 Å². The maximum atomic E-state index is 15.1. The number of imidazole rings is 1. The molecule has 2 heterocycles. The Morgan fingerprint density at radius 2 is 2.11 bits per heavy atom. The van der Waals surface area contributed by atoms with E-state index in [9.17, 15) is 18.3 Å². The van der Waals surface area contributed by atoms with Crippen LogP contribution in [-0.2, 0) is 15.0 Å². The second-order valence-electron chi connectivity index (χ2n) is 5.78. The Hall–Kier alpha value is -3.65. The van der Waals surface area contributed by atoms with Gasteiger partial charge >= 0.3 is 10.2 Å². The first-order valence-corrected chi connectivity index (χ1v) is 8.98. The van der Waals surface area contributed by atoms with Crippen LogP contribution in [-0.4, -0.2) is 35.9 Å². The van der Waals surface area contributed by atoms with Gasteiger partial charge in [0.15, 0.2) is 11.5 Å². The second-order valence-corrected chi connectivity index (χ2v) is 7.37. The molecule has 1 aromatic heterocycles. The van der Waals surface area contributed by atoms with Crippen LogP contribution in [0.1, 0.15) is 5.69 Å². The fraction of sp³-hybridized carbons (Fsp3) is 0.0625. The molecule has 4 rings (SSSR count). The summed E-state index contributed by atoms with van der Waals surface area (Å²) in [7, 11) is -4.29. The number of halogens is 1. The van der Waals surface area contributed by atoms with Crippen molar-refractivity contribution < 1.29 is 22.7 Å². The molecule has 3 N–H and O–H groups in total. The summed E-state index contributed by atoms with van der Waals surface area (Å²) in [6, 6.07) is 7.62. The highest BCUT2D eigenvalue weighted by atomic mass is 32.2. The van der Waals surface area contributed by atoms with Crippen molar-refractivity contribution in [2.24, 2.45) is 0 Å². The number of benzene rings is 2. The normalized spacial score (nSPS) is 15.7. The minimum atomic E-state index is -4.29. The molecular formula is C16H10FN5O4S. The average molecular weight is 387 g/mol. The van der Waals surface area contributed by atoms with Gasteiger partial charge in [-0.3, -0.25) is 4.79 Å². The zero-order valence-electron chi connectivity index (χ0n) is 13.4. The number of phenolic OH excluding ortho intramolecular Hbond substituents is 1. The number of hydrogen-bond acceptors (Lipinski definition) is 6. The van der Waals surface area contributed by atoms with E-state index in [0.717, 1.165) is 0 Å². The van der Waals surface area contributed by atoms with E-state index in [4.69, 9.17) is 5.26 Å². The van der Waals surface area contributed by atoms with E-state index in [-0.39, 0.29) is 11.1 Å². The molecule has 0 atom stereocenters. The van der Waals surface area contributed by atoms with Crippen LogP contribution in [0.25, 0.3) is 22.2 Å². The van der Waals surface area contributed by atoms with Crippen LogP contribution in [0.5, 0.6) is 5.75 Å². The lowest BCUT2D eigenvalue weighted by Gasteiger charge is -2.18. The zero-order chi connectivity index (χ0) is 19.3. The number of amides is 1. The maximum Gasteiger partial charge on any atom is 0.326 e. The summed E-state index contributed by atoms with van der Waals surface area (Å²) in [6.45, 7) is -0.637. The van der Waals surface area contributed by atoms with Gasteiger partial charge in [-0.2, -0.15) is 13.7 Å². The molecule has 1 aliphatic heterocycles. The lowest BCUT2D eigenvalue weighted by molar-refractivity contribution is -0.117. The van der Waals surface area contributed by atoms with E-state index in [1.165, 1.54) is 24.4 Å². The van der Waals surface area contributed by atoms with Crippen molar-refractivity contribution in [3.63, 3.8) is 0 Å². The molecule has 1 fully saturated rings. The molecule has 1 saturated heterocycles. The number of hydrogen-bond donors (Lipinski definition) is 3. The molecule has 9 nitrogen and oxygen atoms in total. The molecule has 0 spiro atoms. The van der Waals surface area contributed by atoms with Crippen LogP contribution in [0, 0.1) is 17.1 Å². The van der Waals surface area contributed by atoms with Crippen LogP contribution in [0.3, 0.4) is 0 Å². The number of nitrogens with zero attached hydrogens (tertiary/aromatic N) is 3. The van der Waals surface area contributed by atoms with Gasteiger partial charge in [-0.25, -0.2) is 18.4 Å². The summed E-state index contributed by atoms with van der Waals surface area (Å²) in [6.07, 6.45) is 1.40. The van der Waals surface area contributed by atoms with Crippen LogP contribution in [0.15, 0.2) is 30.5 Å². The number of phenols is 1. The average Bonchev–Trinajstić information content (AvgIpc) is 3.19. The molecule has 0 radical (unpaired) electrons. The van der Waals surface area contributed by atoms with Gasteiger partial charge in [-0.05, 0) is 17.5 Å². The Morgan fingerprint density at radius 1 is 1.33 bits per heavy atom. The first kappa shape index (κ1) is 16.8. The summed E-state index contributed by atoms with van der Waals surface area (Å²) in [5.41, 5.74) is -0.00195. The van der Waals surface area contributed by atoms with Gasteiger partial charge in [-0.1, -0.05) is 12.1 Å². The topological polar surface area (TPSA) is 139 Å². The third kappa shape index (κ3) is 2.63. The fourth-order valence-corrected chi connectivity index (χ4v) is 4.05. The van der Waals surface area contributed by atoms with Crippen molar-refractivity contribution >= 4 is 32.6 Å². The molecule has 1 amide bonds. The number of rotatable bonds is 2. The van der Waals surface area contributed by atoms with Crippen LogP contribution >= 0.6 is 0 Å². The van der Waals surface area contributed by atoms with Gasteiger partial charge in [0, 0.05) is 17.1 Å². The third-order valence-corrected chi connectivity index (χ3v) is 5.45. The third-order valence-electron chi connectivity index (χ3n) is 4.07. The molecule has 0 aliphatic carbocycles. The Bertz CT molecular complexity index is 1260. The minimum Gasteiger partial charge on any atom is -0.506 e. The largest absolute Gasteiger partial charge is 0.506 e. The number of carbonyl (C=O) groups is 1. The van der Waals surface area contributed by atoms with Crippen LogP contribution in [0.4, 0.5) is 10.1 Å². The lowest BCUT2D eigenvalue weighted by atomic mass is 10.0. The van der Waals surface area contributed by atoms with Gasteiger partial charge in [0.1, 0.15) is 29.9 Å². The van der Waals surface area contributed by atoms with Crippen molar-refractivity contribution in [3.8, 4) is 23.2 Å². The number of fused-ring (bicyclic) bond motifs is 1. The van der Waals surface area contributed by atoms with Gasteiger partial charge in [0.05, 0.1) is 0 Å². The Labute approximate surface area is 151 Å². The van der Waals surface area contributed by atoms with Crippen molar-refractivity contribution in [2.75, 3.05) is 10.8 Å². The van der Waals surface area contributed by atoms with Gasteiger partial charge in [0.25, 0.3) is 5.91 Å². The second kappa shape index (κ2) is 5.68. The highest BCUT2D eigenvalue weighted by Gasteiger charge is 2.37. The Kier molecular flexibility index (Phi) is 3.53. The highest BCUT2D eigenvalue weighted by Crippen LogP contribution is 2.39. The standard InChI is InChI=1S/C16H10FN5O4S/c17-14-11-3-9(16-19-6-10(5-18)20-16)2-1-8(11)4-12(23)15(14)22-7-13(24)21-27(22,25)26/h1-4,6,23H,7H2,(H,19,20)(H,21,24). The van der Waals surface area contributed by atoms with E-state index in [0.29, 0.717) is 21.1 Å². The Morgan fingerprint density at radius 3 is 2.74 bits per heavy atom. The molecule has 1 aliphatic rings. The molecule has 3 aromatic rings. The van der Waals surface area contributed by atoms with E-state index in [2.05, 4.69) is 9.97 Å². The van der Waals surface area contributed by atoms with Gasteiger partial charge in [-0.15, -0.1) is 0 Å². The number of anilines is 1. The smallest absolute Gasteiger partial charge is 0.326 e. The number of carbonyl (C=O) groups excluding carboxylic acids is 1. The summed E-state index contributed by atoms with van der Waals surface area (Å²) >= 11 is 0. The molecular weight excluding hydrogens is 377 g/mol. The van der Waals surface area contributed by atoms with Gasteiger partial charge < -0.3 is 10.1 Å². The minimum absolute atomic E-state index is 0.0183. The number of nitriles is 1. The summed E-state index contributed by atoms with van der Waals surface area (Å²) < 4.78 is 41.4. The zero-order valence-corrected chi connectivity index (χ0v) is 14.2. The SMILES string of the molecule is N#Cc1c[nH]c(-c2ccc3cc(O)c(N4CC(=O)NS4(=O)=O)c(F)c3c2)n1. The maximum absolute atomic E-state index is 15.1. The predicted molar refractivity (Wildman–Crippen MR) is 92.3 cm³/mol. The fourth-order valence-electron chi connectivity index (χ4n) is 2.89. The number of aromatic amines is 1. The molecule has 0 saturated carbocycles. The van der Waals surface area contributed by atoms with Crippen LogP contribution < -0.4 is 9.03 Å². The predicted octanol–water partition coefficient (Wildman–Crippen LogP) is 1.13. The number of aromatic hydroxyl groups is 1. The number of H-pyrrole nitrogens is 1. The van der Waals surface area contributed by atoms with E-state index < -0.39 is 39.9 Å². The molecule has 0 unspecified atom stereocenters. The van der Waals surface area contributed by atoms with Crippen molar-refractivity contribution in [1.29, 1.82) is 5.26 Å². The summed E-state index contributed by atoms with van der Waals surface area (Å²) in [4.78, 5) is 18.3. The van der Waals surface area contributed by atoms with Crippen molar-refractivity contribution in [3.05, 3.63) is 42.0 Å². The first-order chi connectivity index (χ1) is 12.8. The lowest BCUT2D eigenvalue weighted by Crippen LogP contribution is -2.30. The summed E-state index contributed by atoms with van der Waals surface area (Å²) in [5, 5.41) is 19.3. The molecule has 27 heavy (non-hydrogen) atoms.